The van der Waals surface area contributed by atoms with Gasteiger partial charge in [-0.2, -0.15) is 0 Å². The number of rotatable bonds is 4. The molecule has 0 spiro atoms. The smallest absolute Gasteiger partial charge is 0.122 e. The van der Waals surface area contributed by atoms with E-state index in [2.05, 4.69) is 26.2 Å². The van der Waals surface area contributed by atoms with E-state index in [0.29, 0.717) is 0 Å². The van der Waals surface area contributed by atoms with Crippen LogP contribution in [0.1, 0.15) is 17.0 Å². The van der Waals surface area contributed by atoms with Crippen molar-refractivity contribution >= 4 is 11.6 Å². The molecule has 112 valence electrons. The second-order valence-corrected chi connectivity index (χ2v) is 5.91. The minimum absolute atomic E-state index is 0.806. The van der Waals surface area contributed by atoms with Crippen molar-refractivity contribution in [3.8, 4) is 0 Å². The molecule has 0 saturated carbocycles. The molecule has 1 aliphatic rings. The molecule has 1 saturated heterocycles. The van der Waals surface area contributed by atoms with Crippen molar-refractivity contribution in [2.75, 3.05) is 26.2 Å². The van der Waals surface area contributed by atoms with Gasteiger partial charge in [0.25, 0.3) is 0 Å². The fourth-order valence-electron chi connectivity index (χ4n) is 2.60. The Morgan fingerprint density at radius 2 is 1.81 bits per heavy atom. The Morgan fingerprint density at radius 1 is 1.10 bits per heavy atom. The van der Waals surface area contributed by atoms with Crippen LogP contribution in [0.5, 0.6) is 0 Å². The van der Waals surface area contributed by atoms with Crippen LogP contribution in [0.25, 0.3) is 0 Å². The summed E-state index contributed by atoms with van der Waals surface area (Å²) in [5.41, 5.74) is 3.10. The molecule has 21 heavy (non-hydrogen) atoms. The molecule has 3 rings (SSSR count). The topological polar surface area (TPSA) is 45.4 Å². The zero-order valence-electron chi connectivity index (χ0n) is 12.1. The first-order valence-corrected chi connectivity index (χ1v) is 7.56. The maximum atomic E-state index is 6.03. The molecular weight excluding hydrogens is 288 g/mol. The molecule has 0 unspecified atom stereocenters. The van der Waals surface area contributed by atoms with Crippen molar-refractivity contribution in [3.63, 3.8) is 0 Å². The quantitative estimate of drug-likeness (QED) is 0.867. The zero-order valence-corrected chi connectivity index (χ0v) is 12.9. The molecule has 0 amide bonds. The van der Waals surface area contributed by atoms with Crippen LogP contribution in [0.15, 0.2) is 28.9 Å². The molecule has 5 nitrogen and oxygen atoms in total. The monoisotopic (exact) mass is 306 g/mol. The molecule has 1 aromatic carbocycles. The van der Waals surface area contributed by atoms with Gasteiger partial charge in [-0.15, -0.1) is 0 Å². The SMILES string of the molecule is Cc1nonc1CN1CCN(Cc2cccc(Cl)c2)CC1. The van der Waals surface area contributed by atoms with Crippen LogP contribution in [0.3, 0.4) is 0 Å². The number of benzene rings is 1. The summed E-state index contributed by atoms with van der Waals surface area (Å²) in [7, 11) is 0. The maximum Gasteiger partial charge on any atom is 0.122 e. The van der Waals surface area contributed by atoms with E-state index in [1.807, 2.05) is 25.1 Å². The molecule has 6 heteroatoms. The van der Waals surface area contributed by atoms with Gasteiger partial charge < -0.3 is 0 Å². The fourth-order valence-corrected chi connectivity index (χ4v) is 2.82. The van der Waals surface area contributed by atoms with Gasteiger partial charge in [0, 0.05) is 44.3 Å². The Hall–Kier alpha value is -1.43. The lowest BCUT2D eigenvalue weighted by atomic mass is 10.2. The number of aromatic nitrogens is 2. The van der Waals surface area contributed by atoms with Crippen molar-refractivity contribution in [2.45, 2.75) is 20.0 Å². The first kappa shape index (κ1) is 14.5. The van der Waals surface area contributed by atoms with E-state index in [1.54, 1.807) is 0 Å². The average Bonchev–Trinajstić information content (AvgIpc) is 2.87. The van der Waals surface area contributed by atoms with Crippen molar-refractivity contribution in [1.29, 1.82) is 0 Å². The summed E-state index contributed by atoms with van der Waals surface area (Å²) in [6.45, 7) is 7.88. The molecule has 0 aliphatic carbocycles. The Labute approximate surface area is 129 Å². The van der Waals surface area contributed by atoms with E-state index in [9.17, 15) is 0 Å². The second kappa shape index (κ2) is 6.56. The fraction of sp³-hybridized carbons (Fsp3) is 0.467. The molecular formula is C15H19ClN4O. The molecule has 2 aromatic rings. The van der Waals surface area contributed by atoms with Crippen LogP contribution >= 0.6 is 11.6 Å². The van der Waals surface area contributed by atoms with Crippen molar-refractivity contribution in [1.82, 2.24) is 20.1 Å². The third-order valence-corrected chi connectivity index (χ3v) is 4.12. The van der Waals surface area contributed by atoms with E-state index in [0.717, 1.165) is 55.7 Å². The number of nitrogens with zero attached hydrogens (tertiary/aromatic N) is 4. The van der Waals surface area contributed by atoms with E-state index in [-0.39, 0.29) is 0 Å². The highest BCUT2D eigenvalue weighted by molar-refractivity contribution is 6.30. The molecule has 2 heterocycles. The Morgan fingerprint density at radius 3 is 2.43 bits per heavy atom. The Kier molecular flexibility index (Phi) is 4.53. The predicted molar refractivity (Wildman–Crippen MR) is 81.0 cm³/mol. The highest BCUT2D eigenvalue weighted by Gasteiger charge is 2.19. The van der Waals surface area contributed by atoms with Gasteiger partial charge in [0.1, 0.15) is 11.4 Å². The molecule has 1 aromatic heterocycles. The van der Waals surface area contributed by atoms with Gasteiger partial charge in [0.05, 0.1) is 0 Å². The van der Waals surface area contributed by atoms with Crippen LogP contribution in [-0.2, 0) is 13.1 Å². The van der Waals surface area contributed by atoms with Gasteiger partial charge in [0.2, 0.25) is 0 Å². The molecule has 0 bridgehead atoms. The minimum atomic E-state index is 0.806. The highest BCUT2D eigenvalue weighted by Crippen LogP contribution is 2.15. The van der Waals surface area contributed by atoms with Gasteiger partial charge >= 0.3 is 0 Å². The number of hydrogen-bond donors (Lipinski definition) is 0. The number of piperazine rings is 1. The molecule has 0 radical (unpaired) electrons. The first-order chi connectivity index (χ1) is 10.2. The normalized spacial score (nSPS) is 17.2. The summed E-state index contributed by atoms with van der Waals surface area (Å²) < 4.78 is 4.75. The van der Waals surface area contributed by atoms with Crippen LogP contribution in [0.4, 0.5) is 0 Å². The van der Waals surface area contributed by atoms with Crippen LogP contribution < -0.4 is 0 Å². The number of aryl methyl sites for hydroxylation is 1. The Bertz CT molecular complexity index is 593. The lowest BCUT2D eigenvalue weighted by Gasteiger charge is -2.34. The highest BCUT2D eigenvalue weighted by atomic mass is 35.5. The van der Waals surface area contributed by atoms with E-state index < -0.39 is 0 Å². The van der Waals surface area contributed by atoms with Crippen molar-refractivity contribution in [2.24, 2.45) is 0 Å². The van der Waals surface area contributed by atoms with Gasteiger partial charge in [-0.3, -0.25) is 9.80 Å². The van der Waals surface area contributed by atoms with Gasteiger partial charge in [-0.05, 0) is 24.6 Å². The summed E-state index contributed by atoms with van der Waals surface area (Å²) in [6, 6.07) is 8.09. The average molecular weight is 307 g/mol. The largest absolute Gasteiger partial charge is 0.297 e. The molecule has 0 N–H and O–H groups in total. The summed E-state index contributed by atoms with van der Waals surface area (Å²) >= 11 is 6.03. The van der Waals surface area contributed by atoms with Crippen LogP contribution in [-0.4, -0.2) is 46.3 Å². The molecule has 0 atom stereocenters. The molecule has 1 aliphatic heterocycles. The van der Waals surface area contributed by atoms with Gasteiger partial charge in [-0.1, -0.05) is 34.0 Å². The van der Waals surface area contributed by atoms with Crippen LogP contribution in [0, 0.1) is 6.92 Å². The summed E-state index contributed by atoms with van der Waals surface area (Å²) in [6.07, 6.45) is 0. The third kappa shape index (κ3) is 3.81. The maximum absolute atomic E-state index is 6.03. The van der Waals surface area contributed by atoms with Crippen LogP contribution in [0.2, 0.25) is 5.02 Å². The standard InChI is InChI=1S/C15H19ClN4O/c1-12-15(18-21-17-12)11-20-7-5-19(6-8-20)10-13-3-2-4-14(16)9-13/h2-4,9H,5-8,10-11H2,1H3. The summed E-state index contributed by atoms with van der Waals surface area (Å²) in [5, 5.41) is 8.58. The molecule has 1 fully saturated rings. The van der Waals surface area contributed by atoms with Crippen molar-refractivity contribution < 1.29 is 4.63 Å². The van der Waals surface area contributed by atoms with E-state index >= 15 is 0 Å². The third-order valence-electron chi connectivity index (χ3n) is 3.88. The zero-order chi connectivity index (χ0) is 14.7. The summed E-state index contributed by atoms with van der Waals surface area (Å²) in [4.78, 5) is 4.84. The lowest BCUT2D eigenvalue weighted by Crippen LogP contribution is -2.45. The van der Waals surface area contributed by atoms with Crippen molar-refractivity contribution in [3.05, 3.63) is 46.2 Å². The number of halogens is 1. The summed E-state index contributed by atoms with van der Waals surface area (Å²) in [5.74, 6) is 0. The van der Waals surface area contributed by atoms with Gasteiger partial charge in [0.15, 0.2) is 0 Å². The van der Waals surface area contributed by atoms with E-state index in [4.69, 9.17) is 16.2 Å². The van der Waals surface area contributed by atoms with E-state index in [1.165, 1.54) is 5.56 Å². The lowest BCUT2D eigenvalue weighted by molar-refractivity contribution is 0.119. The predicted octanol–water partition coefficient (Wildman–Crippen LogP) is 2.35. The Balaban J connectivity index is 1.50. The minimum Gasteiger partial charge on any atom is -0.297 e. The first-order valence-electron chi connectivity index (χ1n) is 7.18. The van der Waals surface area contributed by atoms with Gasteiger partial charge in [-0.25, -0.2) is 4.63 Å². The second-order valence-electron chi connectivity index (χ2n) is 5.48. The number of hydrogen-bond acceptors (Lipinski definition) is 5.